The number of aliphatic imine (C=N–C) groups is 1. The Morgan fingerprint density at radius 3 is 2.62 bits per heavy atom. The van der Waals surface area contributed by atoms with Crippen LogP contribution in [0.15, 0.2) is 29.3 Å². The van der Waals surface area contributed by atoms with Gasteiger partial charge in [-0.15, -0.1) is 0 Å². The van der Waals surface area contributed by atoms with Gasteiger partial charge >= 0.3 is 0 Å². The number of carbonyl (C=O) groups is 1. The van der Waals surface area contributed by atoms with E-state index in [1.807, 2.05) is 4.90 Å². The summed E-state index contributed by atoms with van der Waals surface area (Å²) in [6, 6.07) is 6.99. The van der Waals surface area contributed by atoms with Gasteiger partial charge in [0.2, 0.25) is 5.91 Å². The van der Waals surface area contributed by atoms with E-state index in [0.29, 0.717) is 44.6 Å². The van der Waals surface area contributed by atoms with Gasteiger partial charge in [0, 0.05) is 50.9 Å². The summed E-state index contributed by atoms with van der Waals surface area (Å²) < 4.78 is 13.1. The van der Waals surface area contributed by atoms with Crippen LogP contribution >= 0.6 is 0 Å². The van der Waals surface area contributed by atoms with Crippen molar-refractivity contribution < 1.29 is 9.18 Å². The Balaban J connectivity index is 1.34. The van der Waals surface area contributed by atoms with E-state index in [9.17, 15) is 9.18 Å². The fourth-order valence-electron chi connectivity index (χ4n) is 4.10. The van der Waals surface area contributed by atoms with Crippen LogP contribution in [0.1, 0.15) is 26.2 Å². The SMILES string of the molecule is CCN1CCCC1CN=C(N)NCCC(=O)N1CCN(c2ccc(F)cc2)CC1. The lowest BCUT2D eigenvalue weighted by Gasteiger charge is -2.36. The van der Waals surface area contributed by atoms with Crippen LogP contribution in [0, 0.1) is 5.82 Å². The molecule has 2 aliphatic rings. The molecule has 0 aliphatic carbocycles. The lowest BCUT2D eigenvalue weighted by atomic mass is 10.2. The highest BCUT2D eigenvalue weighted by atomic mass is 19.1. The molecule has 8 heteroatoms. The molecule has 3 rings (SSSR count). The number of carbonyl (C=O) groups excluding carboxylic acids is 1. The molecule has 2 heterocycles. The van der Waals surface area contributed by atoms with E-state index in [0.717, 1.165) is 31.9 Å². The van der Waals surface area contributed by atoms with E-state index in [2.05, 4.69) is 27.0 Å². The summed E-state index contributed by atoms with van der Waals surface area (Å²) >= 11 is 0. The number of piperazine rings is 1. The summed E-state index contributed by atoms with van der Waals surface area (Å²) in [6.07, 6.45) is 2.80. The Morgan fingerprint density at radius 2 is 1.93 bits per heavy atom. The van der Waals surface area contributed by atoms with Crippen LogP contribution in [-0.4, -0.2) is 80.1 Å². The zero-order chi connectivity index (χ0) is 20.6. The van der Waals surface area contributed by atoms with Crippen molar-refractivity contribution in [2.75, 3.05) is 57.3 Å². The smallest absolute Gasteiger partial charge is 0.224 e. The molecule has 2 fully saturated rings. The number of likely N-dealkylation sites (tertiary alicyclic amines) is 1. The quantitative estimate of drug-likeness (QED) is 0.528. The van der Waals surface area contributed by atoms with Gasteiger partial charge < -0.3 is 20.9 Å². The van der Waals surface area contributed by atoms with Gasteiger partial charge in [-0.2, -0.15) is 0 Å². The molecule has 3 N–H and O–H groups in total. The Hall–Kier alpha value is -2.35. The van der Waals surface area contributed by atoms with Crippen molar-refractivity contribution in [3.8, 4) is 0 Å². The molecule has 1 unspecified atom stereocenters. The minimum atomic E-state index is -0.233. The van der Waals surface area contributed by atoms with Gasteiger partial charge in [-0.25, -0.2) is 4.39 Å². The number of likely N-dealkylation sites (N-methyl/N-ethyl adjacent to an activating group) is 1. The first-order valence-corrected chi connectivity index (χ1v) is 10.6. The fraction of sp³-hybridized carbons (Fsp3) is 0.619. The monoisotopic (exact) mass is 404 g/mol. The zero-order valence-corrected chi connectivity index (χ0v) is 17.3. The van der Waals surface area contributed by atoms with E-state index in [-0.39, 0.29) is 11.7 Å². The topological polar surface area (TPSA) is 77.2 Å². The third-order valence-electron chi connectivity index (χ3n) is 5.85. The van der Waals surface area contributed by atoms with E-state index < -0.39 is 0 Å². The Kier molecular flexibility index (Phi) is 7.69. The summed E-state index contributed by atoms with van der Waals surface area (Å²) in [6.45, 7) is 8.44. The van der Waals surface area contributed by atoms with Crippen LogP contribution in [0.5, 0.6) is 0 Å². The number of amides is 1. The van der Waals surface area contributed by atoms with Crippen LogP contribution in [0.3, 0.4) is 0 Å². The van der Waals surface area contributed by atoms with E-state index in [4.69, 9.17) is 5.73 Å². The van der Waals surface area contributed by atoms with Crippen molar-refractivity contribution in [2.24, 2.45) is 10.7 Å². The number of nitrogens with zero attached hydrogens (tertiary/aromatic N) is 4. The number of benzene rings is 1. The molecule has 1 atom stereocenters. The number of rotatable bonds is 7. The van der Waals surface area contributed by atoms with Crippen molar-refractivity contribution in [3.05, 3.63) is 30.1 Å². The molecule has 1 amide bonds. The average molecular weight is 405 g/mol. The van der Waals surface area contributed by atoms with E-state index >= 15 is 0 Å². The minimum absolute atomic E-state index is 0.122. The van der Waals surface area contributed by atoms with E-state index in [1.54, 1.807) is 12.1 Å². The highest BCUT2D eigenvalue weighted by Crippen LogP contribution is 2.17. The second-order valence-electron chi connectivity index (χ2n) is 7.67. The number of guanidine groups is 1. The average Bonchev–Trinajstić information content (AvgIpc) is 3.20. The van der Waals surface area contributed by atoms with E-state index in [1.165, 1.54) is 25.0 Å². The molecule has 0 radical (unpaired) electrons. The Labute approximate surface area is 172 Å². The van der Waals surface area contributed by atoms with Crippen LogP contribution in [0.25, 0.3) is 0 Å². The molecule has 160 valence electrons. The lowest BCUT2D eigenvalue weighted by molar-refractivity contribution is -0.131. The molecule has 0 aromatic heterocycles. The number of anilines is 1. The summed E-state index contributed by atoms with van der Waals surface area (Å²) in [5.41, 5.74) is 6.95. The molecule has 0 saturated carbocycles. The Morgan fingerprint density at radius 1 is 1.21 bits per heavy atom. The second-order valence-corrected chi connectivity index (χ2v) is 7.67. The van der Waals surface area contributed by atoms with Gasteiger partial charge in [0.25, 0.3) is 0 Å². The third-order valence-corrected chi connectivity index (χ3v) is 5.85. The summed E-state index contributed by atoms with van der Waals surface area (Å²) in [5, 5.41) is 3.07. The first-order chi connectivity index (χ1) is 14.1. The number of nitrogens with one attached hydrogen (secondary N) is 1. The molecule has 0 spiro atoms. The predicted molar refractivity (Wildman–Crippen MR) is 115 cm³/mol. The van der Waals surface area contributed by atoms with Gasteiger partial charge in [-0.05, 0) is 50.2 Å². The molecule has 2 saturated heterocycles. The molecule has 29 heavy (non-hydrogen) atoms. The van der Waals surface area contributed by atoms with Gasteiger partial charge in [-0.1, -0.05) is 6.92 Å². The second kappa shape index (κ2) is 10.4. The number of hydrogen-bond donors (Lipinski definition) is 2. The maximum absolute atomic E-state index is 13.1. The first kappa shape index (κ1) is 21.4. The number of nitrogens with two attached hydrogens (primary N) is 1. The molecule has 1 aromatic rings. The predicted octanol–water partition coefficient (Wildman–Crippen LogP) is 1.25. The van der Waals surface area contributed by atoms with Crippen LogP contribution < -0.4 is 16.0 Å². The molecule has 7 nitrogen and oxygen atoms in total. The highest BCUT2D eigenvalue weighted by molar-refractivity contribution is 5.80. The van der Waals surface area contributed by atoms with Gasteiger partial charge in [-0.3, -0.25) is 14.7 Å². The standard InChI is InChI=1S/C21H33FN6O/c1-2-26-11-3-4-19(26)16-25-21(23)24-10-9-20(29)28-14-12-27(13-15-28)18-7-5-17(22)6-8-18/h5-8,19H,2-4,9-16H2,1H3,(H3,23,24,25). The zero-order valence-electron chi connectivity index (χ0n) is 17.3. The van der Waals surface area contributed by atoms with Crippen LogP contribution in [0.4, 0.5) is 10.1 Å². The molecular formula is C21H33FN6O. The minimum Gasteiger partial charge on any atom is -0.370 e. The van der Waals surface area contributed by atoms with Crippen molar-refractivity contribution in [3.63, 3.8) is 0 Å². The summed E-state index contributed by atoms with van der Waals surface area (Å²) in [5.74, 6) is 0.308. The van der Waals surface area contributed by atoms with Gasteiger partial charge in [0.15, 0.2) is 5.96 Å². The Bertz CT molecular complexity index is 687. The van der Waals surface area contributed by atoms with Crippen LogP contribution in [0.2, 0.25) is 0 Å². The van der Waals surface area contributed by atoms with Gasteiger partial charge in [0.1, 0.15) is 5.82 Å². The maximum atomic E-state index is 13.1. The normalized spacial score (nSPS) is 20.9. The summed E-state index contributed by atoms with van der Waals surface area (Å²) in [4.78, 5) is 23.4. The summed E-state index contributed by atoms with van der Waals surface area (Å²) in [7, 11) is 0. The number of halogens is 1. The maximum Gasteiger partial charge on any atom is 0.224 e. The molecule has 2 aliphatic heterocycles. The van der Waals surface area contributed by atoms with Crippen molar-refractivity contribution in [1.29, 1.82) is 0 Å². The largest absolute Gasteiger partial charge is 0.370 e. The lowest BCUT2D eigenvalue weighted by Crippen LogP contribution is -2.49. The van der Waals surface area contributed by atoms with Gasteiger partial charge in [0.05, 0.1) is 6.54 Å². The van der Waals surface area contributed by atoms with Crippen molar-refractivity contribution in [2.45, 2.75) is 32.2 Å². The molecular weight excluding hydrogens is 371 g/mol. The molecule has 1 aromatic carbocycles. The molecule has 0 bridgehead atoms. The highest BCUT2D eigenvalue weighted by Gasteiger charge is 2.23. The first-order valence-electron chi connectivity index (χ1n) is 10.6. The van der Waals surface area contributed by atoms with Crippen LogP contribution in [-0.2, 0) is 4.79 Å². The third kappa shape index (κ3) is 6.06. The van der Waals surface area contributed by atoms with Crippen molar-refractivity contribution in [1.82, 2.24) is 15.1 Å². The number of hydrogen-bond acceptors (Lipinski definition) is 4. The fourth-order valence-corrected chi connectivity index (χ4v) is 4.10. The van der Waals surface area contributed by atoms with Crippen molar-refractivity contribution >= 4 is 17.6 Å².